The zero-order valence-corrected chi connectivity index (χ0v) is 15.6. The number of Topliss-reactive ketones (excluding diaryl/α,β-unsaturated/α-hetero) is 1. The standard InChI is InChI=1S/C19H29NO4S/c21-16(17-10-9-15-25-17)12-13-18(22)20-14-8-6-4-2-1-3-5-7-11-19(23)24/h9-10,15H,1-8,11-14H2,(H,20,22)(H,23,24). The fourth-order valence-electron chi connectivity index (χ4n) is 2.57. The van der Waals surface area contributed by atoms with Gasteiger partial charge in [-0.1, -0.05) is 44.6 Å². The molecule has 1 rings (SSSR count). The quantitative estimate of drug-likeness (QED) is 0.355. The largest absolute Gasteiger partial charge is 0.481 e. The second kappa shape index (κ2) is 13.6. The highest BCUT2D eigenvalue weighted by Crippen LogP contribution is 2.12. The lowest BCUT2D eigenvalue weighted by Gasteiger charge is -2.05. The van der Waals surface area contributed by atoms with Crippen LogP contribution in [-0.4, -0.2) is 29.3 Å². The second-order valence-corrected chi connectivity index (χ2v) is 7.17. The SMILES string of the molecule is O=C(O)CCCCCCCCCCNC(=O)CCC(=O)c1cccs1. The third kappa shape index (κ3) is 11.5. The molecule has 1 aromatic rings. The van der Waals surface area contributed by atoms with Gasteiger partial charge in [0, 0.05) is 25.8 Å². The van der Waals surface area contributed by atoms with E-state index in [4.69, 9.17) is 5.11 Å². The fourth-order valence-corrected chi connectivity index (χ4v) is 3.26. The van der Waals surface area contributed by atoms with E-state index in [1.807, 2.05) is 11.4 Å². The Morgan fingerprint density at radius 1 is 0.880 bits per heavy atom. The van der Waals surface area contributed by atoms with Crippen LogP contribution in [0.1, 0.15) is 80.3 Å². The van der Waals surface area contributed by atoms with E-state index >= 15 is 0 Å². The Kier molecular flexibility index (Phi) is 11.6. The summed E-state index contributed by atoms with van der Waals surface area (Å²) < 4.78 is 0. The molecular weight excluding hydrogens is 338 g/mol. The number of carbonyl (C=O) groups excluding carboxylic acids is 2. The minimum Gasteiger partial charge on any atom is -0.481 e. The van der Waals surface area contributed by atoms with Crippen molar-refractivity contribution in [3.63, 3.8) is 0 Å². The lowest BCUT2D eigenvalue weighted by atomic mass is 10.1. The first-order valence-electron chi connectivity index (χ1n) is 9.15. The second-order valence-electron chi connectivity index (χ2n) is 6.22. The summed E-state index contributed by atoms with van der Waals surface area (Å²) in [7, 11) is 0. The van der Waals surface area contributed by atoms with Crippen LogP contribution in [0.25, 0.3) is 0 Å². The molecule has 0 fully saturated rings. The van der Waals surface area contributed by atoms with E-state index in [9.17, 15) is 14.4 Å². The van der Waals surface area contributed by atoms with Crippen molar-refractivity contribution < 1.29 is 19.5 Å². The summed E-state index contributed by atoms with van der Waals surface area (Å²) in [5.41, 5.74) is 0. The number of rotatable bonds is 15. The topological polar surface area (TPSA) is 83.5 Å². The van der Waals surface area contributed by atoms with E-state index in [0.29, 0.717) is 6.54 Å². The van der Waals surface area contributed by atoms with Crippen LogP contribution in [0.4, 0.5) is 0 Å². The highest BCUT2D eigenvalue weighted by Gasteiger charge is 2.09. The Hall–Kier alpha value is -1.69. The molecule has 0 saturated heterocycles. The van der Waals surface area contributed by atoms with E-state index in [1.165, 1.54) is 11.3 Å². The first-order chi connectivity index (χ1) is 12.1. The van der Waals surface area contributed by atoms with Gasteiger partial charge in [0.1, 0.15) is 0 Å². The normalized spacial score (nSPS) is 10.6. The predicted molar refractivity (Wildman–Crippen MR) is 100 cm³/mol. The number of thiophene rings is 1. The monoisotopic (exact) mass is 367 g/mol. The Morgan fingerprint density at radius 3 is 2.12 bits per heavy atom. The van der Waals surface area contributed by atoms with Crippen molar-refractivity contribution in [3.8, 4) is 0 Å². The van der Waals surface area contributed by atoms with Gasteiger partial charge < -0.3 is 10.4 Å². The molecule has 0 unspecified atom stereocenters. The fraction of sp³-hybridized carbons (Fsp3) is 0.632. The molecule has 0 atom stereocenters. The molecule has 5 nitrogen and oxygen atoms in total. The van der Waals surface area contributed by atoms with Crippen LogP contribution in [0.3, 0.4) is 0 Å². The Morgan fingerprint density at radius 2 is 1.52 bits per heavy atom. The van der Waals surface area contributed by atoms with Crippen molar-refractivity contribution in [2.45, 2.75) is 70.6 Å². The van der Waals surface area contributed by atoms with E-state index in [1.54, 1.807) is 6.07 Å². The molecule has 140 valence electrons. The van der Waals surface area contributed by atoms with Crippen molar-refractivity contribution in [3.05, 3.63) is 22.4 Å². The number of hydrogen-bond donors (Lipinski definition) is 2. The molecule has 25 heavy (non-hydrogen) atoms. The van der Waals surface area contributed by atoms with Crippen molar-refractivity contribution in [2.75, 3.05) is 6.54 Å². The van der Waals surface area contributed by atoms with Gasteiger partial charge in [-0.3, -0.25) is 14.4 Å². The number of carboxylic acid groups (broad SMARTS) is 1. The summed E-state index contributed by atoms with van der Waals surface area (Å²) in [6.45, 7) is 0.671. The smallest absolute Gasteiger partial charge is 0.303 e. The van der Waals surface area contributed by atoms with Gasteiger partial charge in [0.2, 0.25) is 5.91 Å². The average Bonchev–Trinajstić information content (AvgIpc) is 3.12. The Bertz CT molecular complexity index is 514. The highest BCUT2D eigenvalue weighted by atomic mass is 32.1. The molecule has 0 saturated carbocycles. The molecular formula is C19H29NO4S. The minimum atomic E-state index is -0.710. The van der Waals surface area contributed by atoms with Gasteiger partial charge in [-0.05, 0) is 24.3 Å². The van der Waals surface area contributed by atoms with E-state index < -0.39 is 5.97 Å². The van der Waals surface area contributed by atoms with Crippen molar-refractivity contribution in [1.29, 1.82) is 0 Å². The Labute approximate surface area is 153 Å². The van der Waals surface area contributed by atoms with Gasteiger partial charge >= 0.3 is 5.97 Å². The molecule has 1 aromatic heterocycles. The molecule has 0 bridgehead atoms. The maximum Gasteiger partial charge on any atom is 0.303 e. The van der Waals surface area contributed by atoms with Gasteiger partial charge in [-0.2, -0.15) is 0 Å². The number of unbranched alkanes of at least 4 members (excludes halogenated alkanes) is 7. The number of nitrogens with one attached hydrogen (secondary N) is 1. The first kappa shape index (κ1) is 21.4. The number of amides is 1. The summed E-state index contributed by atoms with van der Waals surface area (Å²) in [6.07, 6.45) is 9.18. The third-order valence-corrected chi connectivity index (χ3v) is 4.93. The molecule has 0 spiro atoms. The number of hydrogen-bond acceptors (Lipinski definition) is 4. The number of carboxylic acids is 1. The maximum atomic E-state index is 11.8. The first-order valence-corrected chi connectivity index (χ1v) is 10.0. The molecule has 6 heteroatoms. The van der Waals surface area contributed by atoms with Crippen LogP contribution in [0, 0.1) is 0 Å². The van der Waals surface area contributed by atoms with E-state index in [2.05, 4.69) is 5.32 Å². The summed E-state index contributed by atoms with van der Waals surface area (Å²) in [4.78, 5) is 34.6. The summed E-state index contributed by atoms with van der Waals surface area (Å²) in [5, 5.41) is 13.3. The van der Waals surface area contributed by atoms with Crippen molar-refractivity contribution >= 4 is 29.0 Å². The lowest BCUT2D eigenvalue weighted by molar-refractivity contribution is -0.137. The van der Waals surface area contributed by atoms with Crippen LogP contribution in [-0.2, 0) is 9.59 Å². The van der Waals surface area contributed by atoms with Gasteiger partial charge in [0.05, 0.1) is 4.88 Å². The molecule has 0 aliphatic heterocycles. The van der Waals surface area contributed by atoms with Crippen LogP contribution in [0.15, 0.2) is 17.5 Å². The van der Waals surface area contributed by atoms with Crippen molar-refractivity contribution in [2.24, 2.45) is 0 Å². The molecule has 0 aliphatic carbocycles. The summed E-state index contributed by atoms with van der Waals surface area (Å²) in [5.74, 6) is -0.727. The zero-order chi connectivity index (χ0) is 18.3. The Balaban J connectivity index is 1.86. The molecule has 1 amide bonds. The van der Waals surface area contributed by atoms with Gasteiger partial charge in [-0.25, -0.2) is 0 Å². The molecule has 2 N–H and O–H groups in total. The molecule has 0 radical (unpaired) electrons. The van der Waals surface area contributed by atoms with Crippen LogP contribution >= 0.6 is 11.3 Å². The number of ketones is 1. The van der Waals surface area contributed by atoms with E-state index in [0.717, 1.165) is 56.2 Å². The van der Waals surface area contributed by atoms with Crippen molar-refractivity contribution in [1.82, 2.24) is 5.32 Å². The highest BCUT2D eigenvalue weighted by molar-refractivity contribution is 7.12. The zero-order valence-electron chi connectivity index (χ0n) is 14.8. The van der Waals surface area contributed by atoms with Crippen LogP contribution in [0.2, 0.25) is 0 Å². The summed E-state index contributed by atoms with van der Waals surface area (Å²) >= 11 is 1.41. The number of aliphatic carboxylic acids is 1. The summed E-state index contributed by atoms with van der Waals surface area (Å²) in [6, 6.07) is 3.63. The van der Waals surface area contributed by atoms with Gasteiger partial charge in [0.25, 0.3) is 0 Å². The molecule has 0 aliphatic rings. The lowest BCUT2D eigenvalue weighted by Crippen LogP contribution is -2.24. The molecule has 1 heterocycles. The third-order valence-electron chi connectivity index (χ3n) is 4.01. The van der Waals surface area contributed by atoms with Gasteiger partial charge in [-0.15, -0.1) is 11.3 Å². The van der Waals surface area contributed by atoms with Crippen LogP contribution < -0.4 is 5.32 Å². The molecule has 0 aromatic carbocycles. The van der Waals surface area contributed by atoms with E-state index in [-0.39, 0.29) is 31.0 Å². The maximum absolute atomic E-state index is 11.8. The van der Waals surface area contributed by atoms with Crippen LogP contribution in [0.5, 0.6) is 0 Å². The number of carbonyl (C=O) groups is 3. The minimum absolute atomic E-state index is 0.0357. The predicted octanol–water partition coefficient (Wildman–Crippen LogP) is 4.42. The average molecular weight is 368 g/mol. The van der Waals surface area contributed by atoms with Gasteiger partial charge in [0.15, 0.2) is 5.78 Å².